The number of nitriles is 1. The van der Waals surface area contributed by atoms with Gasteiger partial charge in [-0.3, -0.25) is 9.59 Å². The third-order valence-corrected chi connectivity index (χ3v) is 4.11. The van der Waals surface area contributed by atoms with Gasteiger partial charge in [-0.1, -0.05) is 32.9 Å². The second kappa shape index (κ2) is 8.92. The van der Waals surface area contributed by atoms with Crippen molar-refractivity contribution in [2.45, 2.75) is 63.7 Å². The van der Waals surface area contributed by atoms with Crippen LogP contribution in [0.4, 0.5) is 0 Å². The van der Waals surface area contributed by atoms with Crippen LogP contribution in [0.15, 0.2) is 23.3 Å². The summed E-state index contributed by atoms with van der Waals surface area (Å²) in [5.74, 6) is -1.16. The Balaban J connectivity index is 3.01. The van der Waals surface area contributed by atoms with Crippen molar-refractivity contribution < 1.29 is 24.2 Å². The van der Waals surface area contributed by atoms with Crippen LogP contribution < -0.4 is 5.32 Å². The van der Waals surface area contributed by atoms with E-state index in [1.807, 2.05) is 20.8 Å². The first-order valence-corrected chi connectivity index (χ1v) is 8.61. The molecule has 0 aromatic heterocycles. The highest BCUT2D eigenvalue weighted by atomic mass is 32.2. The number of esters is 2. The molecule has 0 unspecified atom stereocenters. The molecule has 0 radical (unpaired) electrons. The minimum atomic E-state index is -1.09. The van der Waals surface area contributed by atoms with E-state index in [2.05, 4.69) is 11.4 Å². The van der Waals surface area contributed by atoms with Gasteiger partial charge in [0, 0.05) is 24.8 Å². The molecule has 138 valence electrons. The maximum Gasteiger partial charge on any atom is 0.303 e. The smallest absolute Gasteiger partial charge is 0.303 e. The van der Waals surface area contributed by atoms with Crippen LogP contribution in [0.25, 0.3) is 0 Å². The molecule has 0 saturated carbocycles. The van der Waals surface area contributed by atoms with Crippen LogP contribution >= 0.6 is 11.8 Å². The number of ether oxygens (including phenoxy) is 2. The predicted molar refractivity (Wildman–Crippen MR) is 94.2 cm³/mol. The minimum Gasteiger partial charge on any atom is -0.456 e. The fraction of sp³-hybridized carbons (Fsp3) is 0.588. The molecule has 0 aromatic rings. The number of carbonyl (C=O) groups excluding carboxylic acids is 2. The van der Waals surface area contributed by atoms with Gasteiger partial charge in [0.1, 0.15) is 17.1 Å². The number of hydrogen-bond acceptors (Lipinski definition) is 8. The summed E-state index contributed by atoms with van der Waals surface area (Å²) in [6, 6.07) is 1.55. The lowest BCUT2D eigenvalue weighted by atomic mass is 9.93. The zero-order chi connectivity index (χ0) is 19.2. The van der Waals surface area contributed by atoms with Crippen LogP contribution in [0, 0.1) is 11.3 Å². The standard InChI is InChI=1S/C17H24N2O5S/c1-10(20)23-15-13(6-7-14(22)16(15)24-11(2)21)19-9-12(8-18)25-17(3,4)5/h6-7,9,13-16,19,22H,1-5H3/b12-9-/t13-,14+,15-,16-/m1/s1. The Bertz CT molecular complexity index is 603. The minimum absolute atomic E-state index is 0.141. The van der Waals surface area contributed by atoms with Gasteiger partial charge in [0.15, 0.2) is 12.2 Å². The molecule has 7 nitrogen and oxygen atoms in total. The topological polar surface area (TPSA) is 109 Å². The van der Waals surface area contributed by atoms with Crippen LogP contribution in [0.3, 0.4) is 0 Å². The number of nitrogens with one attached hydrogen (secondary N) is 1. The van der Waals surface area contributed by atoms with Crippen molar-refractivity contribution in [2.75, 3.05) is 0 Å². The second-order valence-electron chi connectivity index (χ2n) is 6.55. The van der Waals surface area contributed by atoms with Crippen molar-refractivity contribution in [1.29, 1.82) is 5.26 Å². The molecule has 0 saturated heterocycles. The van der Waals surface area contributed by atoms with E-state index in [1.165, 1.54) is 37.9 Å². The number of aliphatic hydroxyl groups is 1. The normalized spacial score (nSPS) is 26.5. The average molecular weight is 368 g/mol. The van der Waals surface area contributed by atoms with Gasteiger partial charge in [-0.2, -0.15) is 5.26 Å². The molecule has 0 aromatic carbocycles. The molecule has 8 heteroatoms. The Morgan fingerprint density at radius 1 is 1.20 bits per heavy atom. The van der Waals surface area contributed by atoms with Crippen molar-refractivity contribution in [1.82, 2.24) is 5.32 Å². The zero-order valence-corrected chi connectivity index (χ0v) is 15.8. The summed E-state index contributed by atoms with van der Waals surface area (Å²) in [7, 11) is 0. The molecular formula is C17H24N2O5S. The van der Waals surface area contributed by atoms with E-state index in [0.29, 0.717) is 4.91 Å². The number of hydrogen-bond donors (Lipinski definition) is 2. The third-order valence-electron chi connectivity index (χ3n) is 3.07. The SMILES string of the molecule is CC(=O)O[C@H]1[C@H](OC(C)=O)[C@H](N/C=C(/C#N)SC(C)(C)C)C=C[C@@H]1O. The summed E-state index contributed by atoms with van der Waals surface area (Å²) in [5, 5.41) is 22.3. The Labute approximate surface area is 152 Å². The van der Waals surface area contributed by atoms with Crippen LogP contribution in [0.5, 0.6) is 0 Å². The lowest BCUT2D eigenvalue weighted by molar-refractivity contribution is -0.174. The van der Waals surface area contributed by atoms with Crippen LogP contribution in [0.2, 0.25) is 0 Å². The first-order valence-electron chi connectivity index (χ1n) is 7.79. The van der Waals surface area contributed by atoms with E-state index >= 15 is 0 Å². The Kier molecular flexibility index (Phi) is 7.52. The summed E-state index contributed by atoms with van der Waals surface area (Å²) in [5.41, 5.74) is 0. The fourth-order valence-electron chi connectivity index (χ4n) is 2.25. The lowest BCUT2D eigenvalue weighted by Crippen LogP contribution is -2.54. The second-order valence-corrected chi connectivity index (χ2v) is 8.42. The van der Waals surface area contributed by atoms with Gasteiger partial charge >= 0.3 is 11.9 Å². The highest BCUT2D eigenvalue weighted by molar-refractivity contribution is 8.04. The van der Waals surface area contributed by atoms with Crippen LogP contribution in [0.1, 0.15) is 34.6 Å². The molecule has 0 amide bonds. The molecule has 4 atom stereocenters. The summed E-state index contributed by atoms with van der Waals surface area (Å²) in [6.45, 7) is 8.40. The lowest BCUT2D eigenvalue weighted by Gasteiger charge is -2.36. The largest absolute Gasteiger partial charge is 0.456 e. The van der Waals surface area contributed by atoms with Gasteiger partial charge in [-0.25, -0.2) is 0 Å². The van der Waals surface area contributed by atoms with Crippen molar-refractivity contribution >= 4 is 23.7 Å². The summed E-state index contributed by atoms with van der Waals surface area (Å²) < 4.78 is 10.2. The summed E-state index contributed by atoms with van der Waals surface area (Å²) in [6.07, 6.45) is 1.57. The van der Waals surface area contributed by atoms with Gasteiger partial charge < -0.3 is 19.9 Å². The molecular weight excluding hydrogens is 344 g/mol. The van der Waals surface area contributed by atoms with Gasteiger partial charge in [-0.05, 0) is 0 Å². The molecule has 1 aliphatic rings. The van der Waals surface area contributed by atoms with Crippen LogP contribution in [-0.2, 0) is 19.1 Å². The Morgan fingerprint density at radius 2 is 1.76 bits per heavy atom. The molecule has 2 N–H and O–H groups in total. The third kappa shape index (κ3) is 7.20. The Morgan fingerprint density at radius 3 is 2.24 bits per heavy atom. The van der Waals surface area contributed by atoms with E-state index in [1.54, 1.807) is 6.08 Å². The molecule has 0 heterocycles. The summed E-state index contributed by atoms with van der Waals surface area (Å²) >= 11 is 1.39. The molecule has 1 rings (SSSR count). The Hall–Kier alpha value is -1.98. The molecule has 25 heavy (non-hydrogen) atoms. The molecule has 0 fully saturated rings. The molecule has 0 bridgehead atoms. The van der Waals surface area contributed by atoms with E-state index in [4.69, 9.17) is 9.47 Å². The van der Waals surface area contributed by atoms with Crippen molar-refractivity contribution in [2.24, 2.45) is 0 Å². The first-order chi connectivity index (χ1) is 11.5. The van der Waals surface area contributed by atoms with Gasteiger partial charge in [0.25, 0.3) is 0 Å². The highest BCUT2D eigenvalue weighted by Gasteiger charge is 2.40. The van der Waals surface area contributed by atoms with Crippen molar-refractivity contribution in [3.8, 4) is 6.07 Å². The molecule has 0 spiro atoms. The van der Waals surface area contributed by atoms with E-state index < -0.39 is 36.3 Å². The number of nitrogens with zero attached hydrogens (tertiary/aromatic N) is 1. The van der Waals surface area contributed by atoms with Crippen LogP contribution in [-0.4, -0.2) is 46.1 Å². The molecule has 0 aliphatic heterocycles. The quantitative estimate of drug-likeness (QED) is 0.428. The summed E-state index contributed by atoms with van der Waals surface area (Å²) in [4.78, 5) is 23.2. The number of allylic oxidation sites excluding steroid dienone is 1. The van der Waals surface area contributed by atoms with Gasteiger partial charge in [0.05, 0.1) is 6.04 Å². The highest BCUT2D eigenvalue weighted by Crippen LogP contribution is 2.30. The van der Waals surface area contributed by atoms with E-state index in [-0.39, 0.29) is 4.75 Å². The zero-order valence-electron chi connectivity index (χ0n) is 15.0. The number of aliphatic hydroxyl groups excluding tert-OH is 1. The van der Waals surface area contributed by atoms with Gasteiger partial charge in [0.2, 0.25) is 0 Å². The predicted octanol–water partition coefficient (Wildman–Crippen LogP) is 1.64. The number of rotatable bonds is 5. The van der Waals surface area contributed by atoms with E-state index in [0.717, 1.165) is 0 Å². The molecule has 1 aliphatic carbocycles. The fourth-order valence-corrected chi connectivity index (χ4v) is 3.08. The maximum absolute atomic E-state index is 11.4. The maximum atomic E-state index is 11.4. The van der Waals surface area contributed by atoms with Crippen molar-refractivity contribution in [3.63, 3.8) is 0 Å². The monoisotopic (exact) mass is 368 g/mol. The van der Waals surface area contributed by atoms with Gasteiger partial charge in [-0.15, -0.1) is 11.8 Å². The number of carbonyl (C=O) groups is 2. The van der Waals surface area contributed by atoms with E-state index in [9.17, 15) is 20.0 Å². The number of thioether (sulfide) groups is 1. The first kappa shape index (κ1) is 21.1. The van der Waals surface area contributed by atoms with Crippen molar-refractivity contribution in [3.05, 3.63) is 23.3 Å². The average Bonchev–Trinajstić information content (AvgIpc) is 2.46.